The number of para-hydroxylation sites is 1. The Balaban J connectivity index is 1.46. The predicted octanol–water partition coefficient (Wildman–Crippen LogP) is 4.41. The molecule has 1 aliphatic rings. The summed E-state index contributed by atoms with van der Waals surface area (Å²) in [5.74, 6) is -0.922. The van der Waals surface area contributed by atoms with E-state index in [4.69, 9.17) is 9.47 Å². The average Bonchev–Trinajstić information content (AvgIpc) is 3.31. The summed E-state index contributed by atoms with van der Waals surface area (Å²) in [5, 5.41) is 0. The Kier molecular flexibility index (Phi) is 8.15. The van der Waals surface area contributed by atoms with E-state index in [0.29, 0.717) is 35.7 Å². The molecule has 2 heterocycles. The van der Waals surface area contributed by atoms with E-state index in [0.717, 1.165) is 28.6 Å². The minimum Gasteiger partial charge on any atom is -0.462 e. The van der Waals surface area contributed by atoms with Crippen LogP contribution in [-0.4, -0.2) is 51.7 Å². The van der Waals surface area contributed by atoms with Crippen molar-refractivity contribution in [3.05, 3.63) is 88.2 Å². The van der Waals surface area contributed by atoms with Crippen molar-refractivity contribution >= 4 is 49.1 Å². The number of ether oxygens (including phenoxy) is 2. The molecule has 4 aromatic rings. The summed E-state index contributed by atoms with van der Waals surface area (Å²) in [6, 6.07) is 18.6. The van der Waals surface area contributed by atoms with Crippen molar-refractivity contribution in [2.75, 3.05) is 31.2 Å². The van der Waals surface area contributed by atoms with Gasteiger partial charge in [-0.05, 0) is 73.9 Å². The van der Waals surface area contributed by atoms with Crippen LogP contribution in [0.5, 0.6) is 0 Å². The van der Waals surface area contributed by atoms with Gasteiger partial charge in [-0.2, -0.15) is 4.99 Å². The number of thiazole rings is 1. The van der Waals surface area contributed by atoms with Crippen molar-refractivity contribution < 1.29 is 27.5 Å². The van der Waals surface area contributed by atoms with E-state index in [9.17, 15) is 18.0 Å². The highest BCUT2D eigenvalue weighted by Gasteiger charge is 2.29. The lowest BCUT2D eigenvalue weighted by Crippen LogP contribution is -2.35. The number of sulfonamides is 1. The van der Waals surface area contributed by atoms with Crippen LogP contribution in [-0.2, 0) is 32.5 Å². The molecule has 5 rings (SSSR count). The Labute approximate surface area is 236 Å². The second kappa shape index (κ2) is 11.7. The van der Waals surface area contributed by atoms with Gasteiger partial charge in [-0.3, -0.25) is 9.10 Å². The minimum absolute atomic E-state index is 0.115. The van der Waals surface area contributed by atoms with Crippen molar-refractivity contribution in [1.29, 1.82) is 0 Å². The second-order valence-electron chi connectivity index (χ2n) is 9.18. The zero-order chi connectivity index (χ0) is 28.3. The summed E-state index contributed by atoms with van der Waals surface area (Å²) in [6.07, 6.45) is 1.58. The third kappa shape index (κ3) is 5.45. The van der Waals surface area contributed by atoms with Crippen LogP contribution < -0.4 is 9.11 Å². The molecule has 0 bridgehead atoms. The topological polar surface area (TPSA) is 107 Å². The molecule has 0 N–H and O–H groups in total. The van der Waals surface area contributed by atoms with E-state index in [-0.39, 0.29) is 17.1 Å². The number of esters is 1. The first-order valence-corrected chi connectivity index (χ1v) is 15.2. The summed E-state index contributed by atoms with van der Waals surface area (Å²) in [4.78, 5) is 30.3. The van der Waals surface area contributed by atoms with Gasteiger partial charge in [0, 0.05) is 25.8 Å². The number of methoxy groups -OCH3 is 1. The van der Waals surface area contributed by atoms with Gasteiger partial charge in [-0.15, -0.1) is 0 Å². The molecule has 0 aliphatic carbocycles. The molecule has 1 amide bonds. The van der Waals surface area contributed by atoms with Gasteiger partial charge < -0.3 is 14.0 Å². The summed E-state index contributed by atoms with van der Waals surface area (Å²) >= 11 is 1.28. The number of carbonyl (C=O) groups excluding carboxylic acids is 2. The number of anilines is 1. The minimum atomic E-state index is -3.79. The maximum Gasteiger partial charge on any atom is 0.338 e. The number of hydrogen-bond acceptors (Lipinski definition) is 7. The van der Waals surface area contributed by atoms with E-state index in [1.165, 1.54) is 39.9 Å². The SMILES string of the molecule is CCOC(=O)c1ccc2c(c1)sc(=NC(=O)c1ccc(S(=O)(=O)N3CCCc4ccccc43)cc1)n2CCOC. The lowest BCUT2D eigenvalue weighted by molar-refractivity contribution is 0.0526. The predicted molar refractivity (Wildman–Crippen MR) is 153 cm³/mol. The molecular formula is C29H29N3O6S2. The Hall–Kier alpha value is -3.80. The van der Waals surface area contributed by atoms with Gasteiger partial charge in [0.05, 0.1) is 39.6 Å². The van der Waals surface area contributed by atoms with Gasteiger partial charge in [-0.1, -0.05) is 29.5 Å². The first kappa shape index (κ1) is 27.8. The number of fused-ring (bicyclic) bond motifs is 2. The van der Waals surface area contributed by atoms with Crippen LogP contribution in [0.25, 0.3) is 10.2 Å². The van der Waals surface area contributed by atoms with Crippen LogP contribution in [0.3, 0.4) is 0 Å². The standard InChI is InChI=1S/C29H29N3O6S2/c1-3-38-28(34)22-12-15-25-26(19-22)39-29(31(25)17-18-37-2)30-27(33)21-10-13-23(14-11-21)40(35,36)32-16-6-8-20-7-4-5-9-24(20)32/h4-5,7,9-15,19H,3,6,8,16-18H2,1-2H3. The van der Waals surface area contributed by atoms with Crippen LogP contribution in [0.2, 0.25) is 0 Å². The van der Waals surface area contributed by atoms with Gasteiger partial charge in [0.25, 0.3) is 15.9 Å². The van der Waals surface area contributed by atoms with Crippen LogP contribution >= 0.6 is 11.3 Å². The smallest absolute Gasteiger partial charge is 0.338 e. The Morgan fingerprint density at radius 3 is 2.52 bits per heavy atom. The number of aryl methyl sites for hydroxylation is 1. The molecule has 1 aromatic heterocycles. The van der Waals surface area contributed by atoms with Gasteiger partial charge in [0.2, 0.25) is 0 Å². The zero-order valence-electron chi connectivity index (χ0n) is 22.2. The van der Waals surface area contributed by atoms with E-state index in [1.54, 1.807) is 32.2 Å². The van der Waals surface area contributed by atoms with E-state index >= 15 is 0 Å². The Bertz CT molecular complexity index is 1740. The van der Waals surface area contributed by atoms with Crippen LogP contribution in [0, 0.1) is 0 Å². The molecule has 0 spiro atoms. The fraction of sp³-hybridized carbons (Fsp3) is 0.276. The third-order valence-corrected chi connectivity index (χ3v) is 9.54. The number of aromatic nitrogens is 1. The summed E-state index contributed by atoms with van der Waals surface area (Å²) in [6.45, 7) is 3.28. The molecule has 1 aliphatic heterocycles. The van der Waals surface area contributed by atoms with Crippen molar-refractivity contribution in [3.63, 3.8) is 0 Å². The maximum atomic E-state index is 13.5. The molecule has 3 aromatic carbocycles. The molecule has 40 heavy (non-hydrogen) atoms. The lowest BCUT2D eigenvalue weighted by Gasteiger charge is -2.30. The molecule has 0 fully saturated rings. The number of carbonyl (C=O) groups is 2. The quantitative estimate of drug-likeness (QED) is 0.286. The van der Waals surface area contributed by atoms with E-state index < -0.39 is 21.9 Å². The molecule has 11 heteroatoms. The zero-order valence-corrected chi connectivity index (χ0v) is 23.8. The molecule has 0 radical (unpaired) electrons. The Morgan fingerprint density at radius 2 is 1.77 bits per heavy atom. The summed E-state index contributed by atoms with van der Waals surface area (Å²) < 4.78 is 41.3. The number of benzene rings is 3. The summed E-state index contributed by atoms with van der Waals surface area (Å²) in [7, 11) is -2.20. The van der Waals surface area contributed by atoms with E-state index in [2.05, 4.69) is 4.99 Å². The van der Waals surface area contributed by atoms with Gasteiger partial charge >= 0.3 is 5.97 Å². The normalized spacial score (nSPS) is 13.8. The molecule has 0 saturated carbocycles. The largest absolute Gasteiger partial charge is 0.462 e. The van der Waals surface area contributed by atoms with Gasteiger partial charge in [0.15, 0.2) is 4.80 Å². The van der Waals surface area contributed by atoms with Gasteiger partial charge in [-0.25, -0.2) is 13.2 Å². The molecule has 0 atom stereocenters. The number of hydrogen-bond donors (Lipinski definition) is 0. The first-order chi connectivity index (χ1) is 19.3. The summed E-state index contributed by atoms with van der Waals surface area (Å²) in [5.41, 5.74) is 3.19. The van der Waals surface area contributed by atoms with Crippen molar-refractivity contribution in [3.8, 4) is 0 Å². The number of rotatable bonds is 8. The molecular weight excluding hydrogens is 550 g/mol. The molecule has 9 nitrogen and oxygen atoms in total. The van der Waals surface area contributed by atoms with Crippen molar-refractivity contribution in [1.82, 2.24) is 4.57 Å². The van der Waals surface area contributed by atoms with Crippen LogP contribution in [0.15, 0.2) is 76.6 Å². The van der Waals surface area contributed by atoms with Crippen molar-refractivity contribution in [2.45, 2.75) is 31.2 Å². The highest BCUT2D eigenvalue weighted by molar-refractivity contribution is 7.92. The third-order valence-electron chi connectivity index (χ3n) is 6.67. The lowest BCUT2D eigenvalue weighted by atomic mass is 10.0. The number of nitrogens with zero attached hydrogens (tertiary/aromatic N) is 3. The molecule has 208 valence electrons. The first-order valence-electron chi connectivity index (χ1n) is 12.9. The fourth-order valence-corrected chi connectivity index (χ4v) is 7.33. The van der Waals surface area contributed by atoms with Crippen LogP contribution in [0.1, 0.15) is 39.6 Å². The Morgan fingerprint density at radius 1 is 1.02 bits per heavy atom. The van der Waals surface area contributed by atoms with E-state index in [1.807, 2.05) is 28.8 Å². The fourth-order valence-electron chi connectivity index (χ4n) is 4.70. The van der Waals surface area contributed by atoms with Crippen LogP contribution in [0.4, 0.5) is 5.69 Å². The maximum absolute atomic E-state index is 13.5. The molecule has 0 saturated heterocycles. The highest BCUT2D eigenvalue weighted by atomic mass is 32.2. The number of amides is 1. The average molecular weight is 580 g/mol. The van der Waals surface area contributed by atoms with Crippen molar-refractivity contribution in [2.24, 2.45) is 4.99 Å². The van der Waals surface area contributed by atoms with Gasteiger partial charge in [0.1, 0.15) is 0 Å². The monoisotopic (exact) mass is 579 g/mol. The molecule has 0 unspecified atom stereocenters. The second-order valence-corrected chi connectivity index (χ2v) is 12.1. The highest BCUT2D eigenvalue weighted by Crippen LogP contribution is 2.32.